The highest BCUT2D eigenvalue weighted by Gasteiger charge is 2.30. The third-order valence-electron chi connectivity index (χ3n) is 4.26. The fourth-order valence-electron chi connectivity index (χ4n) is 2.88. The second-order valence-electron chi connectivity index (χ2n) is 6.35. The van der Waals surface area contributed by atoms with Gasteiger partial charge >= 0.3 is 0 Å². The van der Waals surface area contributed by atoms with E-state index in [-0.39, 0.29) is 23.8 Å². The molecule has 2 aliphatic rings. The summed E-state index contributed by atoms with van der Waals surface area (Å²) < 4.78 is 6.69. The SMILES string of the molecule is Cc1cccc(COc2ccc(C=C3C(=N)N4C=CSC4=NC3=O)cc2Br)c1.Cl. The van der Waals surface area contributed by atoms with Crippen LogP contribution in [0, 0.1) is 12.3 Å². The van der Waals surface area contributed by atoms with Crippen molar-refractivity contribution >= 4 is 63.1 Å². The first-order valence-electron chi connectivity index (χ1n) is 8.55. The molecule has 148 valence electrons. The first-order chi connectivity index (χ1) is 13.5. The Morgan fingerprint density at radius 3 is 2.86 bits per heavy atom. The second-order valence-corrected chi connectivity index (χ2v) is 8.07. The Kier molecular flexibility index (Phi) is 6.62. The third-order valence-corrected chi connectivity index (χ3v) is 5.63. The standard InChI is InChI=1S/C21H16BrN3O2S.ClH/c1-13-3-2-4-15(9-13)12-27-18-6-5-14(11-17(18)22)10-16-19(23)25-7-8-28-21(25)24-20(16)26;/h2-11,23H,12H2,1H3;1H. The van der Waals surface area contributed by atoms with Gasteiger partial charge in [0.1, 0.15) is 18.2 Å². The van der Waals surface area contributed by atoms with Crippen LogP contribution in [0.1, 0.15) is 16.7 Å². The third kappa shape index (κ3) is 4.63. The Morgan fingerprint density at radius 2 is 2.10 bits per heavy atom. The molecule has 0 radical (unpaired) electrons. The molecular weight excluding hydrogens is 474 g/mol. The summed E-state index contributed by atoms with van der Waals surface area (Å²) in [7, 11) is 0. The van der Waals surface area contributed by atoms with Gasteiger partial charge in [0.25, 0.3) is 5.91 Å². The molecule has 0 atom stereocenters. The molecule has 0 unspecified atom stereocenters. The first kappa shape index (κ1) is 21.4. The lowest BCUT2D eigenvalue weighted by Gasteiger charge is -2.22. The van der Waals surface area contributed by atoms with Gasteiger partial charge < -0.3 is 4.74 Å². The summed E-state index contributed by atoms with van der Waals surface area (Å²) in [6, 6.07) is 13.8. The predicted octanol–water partition coefficient (Wildman–Crippen LogP) is 5.54. The molecule has 0 saturated carbocycles. The van der Waals surface area contributed by atoms with Gasteiger partial charge in [0.15, 0.2) is 5.17 Å². The van der Waals surface area contributed by atoms with Gasteiger partial charge in [-0.3, -0.25) is 15.1 Å². The maximum Gasteiger partial charge on any atom is 0.283 e. The number of ether oxygens (including phenoxy) is 1. The number of amides is 1. The van der Waals surface area contributed by atoms with Crippen LogP contribution in [-0.2, 0) is 11.4 Å². The minimum Gasteiger partial charge on any atom is -0.488 e. The van der Waals surface area contributed by atoms with Crippen molar-refractivity contribution in [2.45, 2.75) is 13.5 Å². The molecule has 0 fully saturated rings. The number of thioether (sulfide) groups is 1. The molecule has 0 saturated heterocycles. The zero-order valence-electron chi connectivity index (χ0n) is 15.4. The molecule has 2 aliphatic heterocycles. The Morgan fingerprint density at radius 1 is 1.28 bits per heavy atom. The van der Waals surface area contributed by atoms with Gasteiger partial charge in [-0.15, -0.1) is 12.4 Å². The Labute approximate surface area is 187 Å². The van der Waals surface area contributed by atoms with Gasteiger partial charge in [-0.05, 0) is 57.6 Å². The number of amidine groups is 2. The van der Waals surface area contributed by atoms with Crippen molar-refractivity contribution in [1.29, 1.82) is 5.41 Å². The molecule has 5 nitrogen and oxygen atoms in total. The van der Waals surface area contributed by atoms with Crippen molar-refractivity contribution in [1.82, 2.24) is 4.90 Å². The minimum atomic E-state index is -0.400. The summed E-state index contributed by atoms with van der Waals surface area (Å²) in [5.74, 6) is 0.448. The lowest BCUT2D eigenvalue weighted by atomic mass is 10.1. The molecule has 0 spiro atoms. The molecule has 8 heteroatoms. The lowest BCUT2D eigenvalue weighted by molar-refractivity contribution is -0.114. The number of carbonyl (C=O) groups is 1. The summed E-state index contributed by atoms with van der Waals surface area (Å²) in [5, 5.41) is 10.6. The highest BCUT2D eigenvalue weighted by Crippen LogP contribution is 2.30. The van der Waals surface area contributed by atoms with E-state index in [2.05, 4.69) is 40.0 Å². The molecule has 2 aromatic rings. The average molecular weight is 491 g/mol. The number of fused-ring (bicyclic) bond motifs is 1. The number of rotatable bonds is 4. The molecule has 0 aromatic heterocycles. The van der Waals surface area contributed by atoms with Crippen molar-refractivity contribution in [3.8, 4) is 5.75 Å². The summed E-state index contributed by atoms with van der Waals surface area (Å²) in [6.07, 6.45) is 3.42. The summed E-state index contributed by atoms with van der Waals surface area (Å²) in [6.45, 7) is 2.52. The molecule has 1 amide bonds. The number of halogens is 2. The van der Waals surface area contributed by atoms with Crippen LogP contribution in [-0.4, -0.2) is 21.8 Å². The molecular formula is C21H17BrClN3O2S. The average Bonchev–Trinajstić information content (AvgIpc) is 3.13. The van der Waals surface area contributed by atoms with Crippen LogP contribution in [0.2, 0.25) is 0 Å². The second kappa shape index (κ2) is 8.98. The number of aliphatic imine (C=N–C) groups is 1. The van der Waals surface area contributed by atoms with Crippen LogP contribution >= 0.6 is 40.1 Å². The number of hydrogen-bond acceptors (Lipinski definition) is 4. The largest absolute Gasteiger partial charge is 0.488 e. The number of aryl methyl sites for hydroxylation is 1. The molecule has 0 bridgehead atoms. The fraction of sp³-hybridized carbons (Fsp3) is 0.0952. The molecule has 1 N–H and O–H groups in total. The van der Waals surface area contributed by atoms with E-state index < -0.39 is 5.91 Å². The topological polar surface area (TPSA) is 65.8 Å². The highest BCUT2D eigenvalue weighted by atomic mass is 79.9. The van der Waals surface area contributed by atoms with E-state index in [4.69, 9.17) is 10.1 Å². The number of benzene rings is 2. The van der Waals surface area contributed by atoms with Crippen LogP contribution in [0.15, 0.2) is 69.1 Å². The molecule has 29 heavy (non-hydrogen) atoms. The zero-order valence-corrected chi connectivity index (χ0v) is 18.6. The van der Waals surface area contributed by atoms with E-state index in [1.807, 2.05) is 30.3 Å². The highest BCUT2D eigenvalue weighted by molar-refractivity contribution is 9.10. The van der Waals surface area contributed by atoms with Crippen LogP contribution in [0.4, 0.5) is 0 Å². The number of hydrogen-bond donors (Lipinski definition) is 1. The van der Waals surface area contributed by atoms with Gasteiger partial charge in [0, 0.05) is 6.20 Å². The van der Waals surface area contributed by atoms with Crippen molar-refractivity contribution in [2.75, 3.05) is 0 Å². The summed E-state index contributed by atoms with van der Waals surface area (Å²) >= 11 is 4.86. The Hall–Kier alpha value is -2.35. The normalized spacial score (nSPS) is 16.6. The summed E-state index contributed by atoms with van der Waals surface area (Å²) in [5.41, 5.74) is 3.34. The van der Waals surface area contributed by atoms with E-state index >= 15 is 0 Å². The fourth-order valence-corrected chi connectivity index (χ4v) is 4.10. The minimum absolute atomic E-state index is 0. The monoisotopic (exact) mass is 489 g/mol. The lowest BCUT2D eigenvalue weighted by Crippen LogP contribution is -2.35. The maximum absolute atomic E-state index is 12.3. The molecule has 0 aliphatic carbocycles. The van der Waals surface area contributed by atoms with Gasteiger partial charge in [0.2, 0.25) is 0 Å². The van der Waals surface area contributed by atoms with Crippen LogP contribution in [0.25, 0.3) is 6.08 Å². The molecule has 2 heterocycles. The van der Waals surface area contributed by atoms with E-state index in [1.165, 1.54) is 17.3 Å². The van der Waals surface area contributed by atoms with Gasteiger partial charge in [-0.25, -0.2) is 0 Å². The van der Waals surface area contributed by atoms with Crippen LogP contribution < -0.4 is 4.74 Å². The quantitative estimate of drug-likeness (QED) is 0.572. The van der Waals surface area contributed by atoms with Crippen molar-refractivity contribution < 1.29 is 9.53 Å². The van der Waals surface area contributed by atoms with Gasteiger partial charge in [-0.1, -0.05) is 47.7 Å². The number of carbonyl (C=O) groups excluding carboxylic acids is 1. The van der Waals surface area contributed by atoms with Gasteiger partial charge in [0.05, 0.1) is 10.0 Å². The van der Waals surface area contributed by atoms with Crippen molar-refractivity contribution in [2.24, 2.45) is 4.99 Å². The predicted molar refractivity (Wildman–Crippen MR) is 124 cm³/mol. The maximum atomic E-state index is 12.3. The van der Waals surface area contributed by atoms with E-state index in [0.717, 1.165) is 15.6 Å². The van der Waals surface area contributed by atoms with E-state index in [1.54, 1.807) is 22.6 Å². The van der Waals surface area contributed by atoms with E-state index in [0.29, 0.717) is 17.5 Å². The van der Waals surface area contributed by atoms with Crippen LogP contribution in [0.5, 0.6) is 5.75 Å². The zero-order chi connectivity index (χ0) is 19.7. The van der Waals surface area contributed by atoms with Gasteiger partial charge in [-0.2, -0.15) is 4.99 Å². The molecule has 2 aromatic carbocycles. The summed E-state index contributed by atoms with van der Waals surface area (Å²) in [4.78, 5) is 17.9. The Bertz CT molecular complexity index is 1080. The van der Waals surface area contributed by atoms with Crippen molar-refractivity contribution in [3.05, 3.63) is 80.8 Å². The first-order valence-corrected chi connectivity index (χ1v) is 10.2. The number of nitrogens with zero attached hydrogens (tertiary/aromatic N) is 2. The number of nitrogens with one attached hydrogen (secondary N) is 1. The van der Waals surface area contributed by atoms with E-state index in [9.17, 15) is 4.79 Å². The van der Waals surface area contributed by atoms with Crippen molar-refractivity contribution in [3.63, 3.8) is 0 Å². The smallest absolute Gasteiger partial charge is 0.283 e. The van der Waals surface area contributed by atoms with Crippen LogP contribution in [0.3, 0.4) is 0 Å². The Balaban J connectivity index is 0.00000240. The molecule has 4 rings (SSSR count).